The zero-order valence-corrected chi connectivity index (χ0v) is 8.40. The molecule has 0 saturated carbocycles. The van der Waals surface area contributed by atoms with Crippen LogP contribution in [0.2, 0.25) is 0 Å². The minimum absolute atomic E-state index is 0.274. The third kappa shape index (κ3) is 2.77. The van der Waals surface area contributed by atoms with Gasteiger partial charge in [0.1, 0.15) is 5.85 Å². The quantitative estimate of drug-likeness (QED) is 0.665. The van der Waals surface area contributed by atoms with Gasteiger partial charge in [-0.2, -0.15) is 0 Å². The van der Waals surface area contributed by atoms with E-state index in [1.54, 1.807) is 0 Å². The molecule has 1 aromatic carbocycles. The van der Waals surface area contributed by atoms with Gasteiger partial charge in [0.2, 0.25) is 0 Å². The summed E-state index contributed by atoms with van der Waals surface area (Å²) in [6.45, 7) is 2.23. The summed E-state index contributed by atoms with van der Waals surface area (Å²) >= 11 is 0. The van der Waals surface area contributed by atoms with E-state index in [4.69, 9.17) is 9.47 Å². The first-order valence-electron chi connectivity index (χ1n) is 4.46. The molecule has 0 aliphatic carbocycles. The van der Waals surface area contributed by atoms with Crippen LogP contribution in [0.15, 0.2) is 30.3 Å². The molecule has 1 aromatic rings. The lowest BCUT2D eigenvalue weighted by atomic mass is 10.4. The van der Waals surface area contributed by atoms with Crippen molar-refractivity contribution in [2.45, 2.75) is 5.85 Å². The molecule has 70 valence electrons. The Kier molecular flexibility index (Phi) is 3.31. The van der Waals surface area contributed by atoms with Crippen molar-refractivity contribution in [3.05, 3.63) is 30.3 Å². The molecular formula is C10H13O2P. The number of hydrogen-bond donors (Lipinski definition) is 0. The minimum Gasteiger partial charge on any atom is -0.376 e. The zero-order valence-electron chi connectivity index (χ0n) is 7.40. The van der Waals surface area contributed by atoms with Crippen molar-refractivity contribution in [2.75, 3.05) is 19.8 Å². The van der Waals surface area contributed by atoms with Crippen LogP contribution in [0.5, 0.6) is 0 Å². The summed E-state index contributed by atoms with van der Waals surface area (Å²) in [5.74, 6) is 0.274. The van der Waals surface area contributed by atoms with E-state index in [1.165, 1.54) is 5.30 Å². The monoisotopic (exact) mass is 196 g/mol. The average molecular weight is 196 g/mol. The van der Waals surface area contributed by atoms with E-state index in [9.17, 15) is 0 Å². The molecule has 1 aliphatic heterocycles. The minimum atomic E-state index is 0.274. The first kappa shape index (κ1) is 9.14. The van der Waals surface area contributed by atoms with Gasteiger partial charge in [-0.25, -0.2) is 0 Å². The van der Waals surface area contributed by atoms with Crippen LogP contribution in [0.4, 0.5) is 0 Å². The van der Waals surface area contributed by atoms with Gasteiger partial charge in [-0.3, -0.25) is 0 Å². The molecule has 1 saturated heterocycles. The Morgan fingerprint density at radius 2 is 2.00 bits per heavy atom. The van der Waals surface area contributed by atoms with Gasteiger partial charge in [-0.1, -0.05) is 38.9 Å². The van der Waals surface area contributed by atoms with Crippen LogP contribution in [0.1, 0.15) is 0 Å². The Morgan fingerprint density at radius 3 is 2.69 bits per heavy atom. The topological polar surface area (TPSA) is 18.5 Å². The lowest BCUT2D eigenvalue weighted by Crippen LogP contribution is -2.26. The highest BCUT2D eigenvalue weighted by Gasteiger charge is 2.13. The van der Waals surface area contributed by atoms with Gasteiger partial charge in [-0.05, 0) is 5.30 Å². The van der Waals surface area contributed by atoms with E-state index in [0.29, 0.717) is 8.58 Å². The van der Waals surface area contributed by atoms with Crippen molar-refractivity contribution in [3.63, 3.8) is 0 Å². The molecule has 0 radical (unpaired) electrons. The molecule has 1 heterocycles. The normalized spacial score (nSPS) is 23.8. The number of hydrogen-bond acceptors (Lipinski definition) is 2. The molecule has 0 bridgehead atoms. The average Bonchev–Trinajstić information content (AvgIpc) is 2.21. The molecule has 0 amide bonds. The second-order valence-corrected chi connectivity index (χ2v) is 4.45. The van der Waals surface area contributed by atoms with Crippen LogP contribution in [0.3, 0.4) is 0 Å². The van der Waals surface area contributed by atoms with Crippen molar-refractivity contribution >= 4 is 13.9 Å². The molecule has 2 unspecified atom stereocenters. The summed E-state index contributed by atoms with van der Waals surface area (Å²) in [7, 11) is 0.706. The molecule has 2 atom stereocenters. The third-order valence-corrected chi connectivity index (χ3v) is 3.24. The predicted molar refractivity (Wildman–Crippen MR) is 55.0 cm³/mol. The molecule has 3 heteroatoms. The highest BCUT2D eigenvalue weighted by molar-refractivity contribution is 7.47. The van der Waals surface area contributed by atoms with Gasteiger partial charge >= 0.3 is 0 Å². The molecule has 1 aliphatic rings. The summed E-state index contributed by atoms with van der Waals surface area (Å²) in [5.41, 5.74) is 0. The van der Waals surface area contributed by atoms with E-state index < -0.39 is 0 Å². The van der Waals surface area contributed by atoms with Gasteiger partial charge < -0.3 is 9.47 Å². The summed E-state index contributed by atoms with van der Waals surface area (Å²) in [6, 6.07) is 10.4. The maximum absolute atomic E-state index is 5.57. The summed E-state index contributed by atoms with van der Waals surface area (Å²) in [5, 5.41) is 1.35. The van der Waals surface area contributed by atoms with Crippen LogP contribution in [-0.2, 0) is 9.47 Å². The molecule has 13 heavy (non-hydrogen) atoms. The van der Waals surface area contributed by atoms with Crippen molar-refractivity contribution in [2.24, 2.45) is 0 Å². The van der Waals surface area contributed by atoms with Gasteiger partial charge in [0.05, 0.1) is 19.8 Å². The Labute approximate surface area is 80.0 Å². The number of benzene rings is 1. The van der Waals surface area contributed by atoms with Crippen molar-refractivity contribution in [1.29, 1.82) is 0 Å². The Bertz CT molecular complexity index is 244. The van der Waals surface area contributed by atoms with Crippen LogP contribution >= 0.6 is 8.58 Å². The molecular weight excluding hydrogens is 183 g/mol. The summed E-state index contributed by atoms with van der Waals surface area (Å²) in [4.78, 5) is 0. The zero-order chi connectivity index (χ0) is 8.93. The van der Waals surface area contributed by atoms with Gasteiger partial charge in [-0.15, -0.1) is 0 Å². The van der Waals surface area contributed by atoms with Crippen molar-refractivity contribution in [3.8, 4) is 0 Å². The lowest BCUT2D eigenvalue weighted by molar-refractivity contribution is -0.0509. The fourth-order valence-corrected chi connectivity index (χ4v) is 2.45. The largest absolute Gasteiger partial charge is 0.376 e. The highest BCUT2D eigenvalue weighted by Crippen LogP contribution is 2.21. The van der Waals surface area contributed by atoms with E-state index >= 15 is 0 Å². The maximum atomic E-state index is 5.57. The van der Waals surface area contributed by atoms with Crippen LogP contribution in [0.25, 0.3) is 0 Å². The Morgan fingerprint density at radius 1 is 1.15 bits per heavy atom. The smallest absolute Gasteiger partial charge is 0.101 e. The van der Waals surface area contributed by atoms with Gasteiger partial charge in [0.15, 0.2) is 0 Å². The van der Waals surface area contributed by atoms with E-state index in [2.05, 4.69) is 24.3 Å². The standard InChI is InChI=1S/C10H13O2P/c1-2-4-9(5-3-1)13-10-8-11-6-7-12-10/h1-5,10,13H,6-8H2. The molecule has 2 nitrogen and oxygen atoms in total. The van der Waals surface area contributed by atoms with Crippen molar-refractivity contribution in [1.82, 2.24) is 0 Å². The summed E-state index contributed by atoms with van der Waals surface area (Å²) in [6.07, 6.45) is 0. The first-order chi connectivity index (χ1) is 6.45. The first-order valence-corrected chi connectivity index (χ1v) is 5.54. The number of ether oxygens (including phenoxy) is 2. The molecule has 0 spiro atoms. The Hall–Kier alpha value is -0.430. The third-order valence-electron chi connectivity index (χ3n) is 1.92. The Balaban J connectivity index is 1.90. The maximum Gasteiger partial charge on any atom is 0.101 e. The molecule has 0 N–H and O–H groups in total. The van der Waals surface area contributed by atoms with E-state index in [0.717, 1.165) is 19.8 Å². The lowest BCUT2D eigenvalue weighted by Gasteiger charge is -2.22. The fourth-order valence-electron chi connectivity index (χ4n) is 1.29. The second kappa shape index (κ2) is 4.71. The van der Waals surface area contributed by atoms with Crippen LogP contribution < -0.4 is 5.30 Å². The predicted octanol–water partition coefficient (Wildman–Crippen LogP) is 1.36. The fraction of sp³-hybridized carbons (Fsp3) is 0.400. The molecule has 0 aromatic heterocycles. The van der Waals surface area contributed by atoms with Gasteiger partial charge in [0, 0.05) is 0 Å². The molecule has 2 rings (SSSR count). The highest BCUT2D eigenvalue weighted by atomic mass is 31.1. The van der Waals surface area contributed by atoms with Crippen LogP contribution in [0, 0.1) is 0 Å². The SMILES string of the molecule is c1ccc(PC2COCCO2)cc1. The molecule has 1 fully saturated rings. The number of rotatable bonds is 2. The van der Waals surface area contributed by atoms with Gasteiger partial charge in [0.25, 0.3) is 0 Å². The second-order valence-electron chi connectivity index (χ2n) is 2.94. The van der Waals surface area contributed by atoms with E-state index in [1.807, 2.05) is 6.07 Å². The van der Waals surface area contributed by atoms with Crippen molar-refractivity contribution < 1.29 is 9.47 Å². The van der Waals surface area contributed by atoms with E-state index in [-0.39, 0.29) is 5.85 Å². The van der Waals surface area contributed by atoms with Crippen LogP contribution in [-0.4, -0.2) is 25.7 Å². The summed E-state index contributed by atoms with van der Waals surface area (Å²) < 4.78 is 10.9.